The summed E-state index contributed by atoms with van der Waals surface area (Å²) in [6.45, 7) is 6.35. The second-order valence-corrected chi connectivity index (χ2v) is 10.3. The number of carbonyl (C=O) groups excluding carboxylic acids is 2. The van der Waals surface area contributed by atoms with Crippen LogP contribution in [0.5, 0.6) is 0 Å². The van der Waals surface area contributed by atoms with Gasteiger partial charge >= 0.3 is 0 Å². The number of rotatable bonds is 2. The molecule has 4 aliphatic rings. The van der Waals surface area contributed by atoms with Crippen LogP contribution in [0, 0.1) is 5.92 Å². The van der Waals surface area contributed by atoms with Gasteiger partial charge < -0.3 is 4.74 Å². The molecule has 4 nitrogen and oxygen atoms in total. The molecule has 3 saturated heterocycles. The molecule has 3 aliphatic heterocycles. The average Bonchev–Trinajstić information content (AvgIpc) is 2.73. The molecule has 6 rings (SSSR count). The largest absolute Gasteiger partial charge is 0.343 e. The molecule has 0 aromatic heterocycles. The van der Waals surface area contributed by atoms with Crippen molar-refractivity contribution in [2.24, 2.45) is 5.92 Å². The van der Waals surface area contributed by atoms with Gasteiger partial charge in [-0.05, 0) is 35.4 Å². The molecule has 1 aliphatic carbocycles. The highest BCUT2D eigenvalue weighted by molar-refractivity contribution is 6.25. The van der Waals surface area contributed by atoms with Crippen molar-refractivity contribution in [1.82, 2.24) is 0 Å². The van der Waals surface area contributed by atoms with Crippen LogP contribution in [0.3, 0.4) is 0 Å². The summed E-state index contributed by atoms with van der Waals surface area (Å²) in [5.74, 6) is -0.493. The van der Waals surface area contributed by atoms with Gasteiger partial charge in [0.2, 0.25) is 0 Å². The zero-order valence-electron chi connectivity index (χ0n) is 18.7. The fourth-order valence-corrected chi connectivity index (χ4v) is 5.98. The molecule has 2 aromatic rings. The van der Waals surface area contributed by atoms with E-state index in [2.05, 4.69) is 20.8 Å². The van der Waals surface area contributed by atoms with Crippen LogP contribution in [-0.4, -0.2) is 17.4 Å². The van der Waals surface area contributed by atoms with Gasteiger partial charge in [-0.15, -0.1) is 0 Å². The summed E-state index contributed by atoms with van der Waals surface area (Å²) >= 11 is 0. The first-order chi connectivity index (χ1) is 14.8. The molecule has 1 saturated carbocycles. The lowest BCUT2D eigenvalue weighted by molar-refractivity contribution is -0.315. The first-order valence-electron chi connectivity index (χ1n) is 11.6. The number of carbonyl (C=O) groups is 2. The summed E-state index contributed by atoms with van der Waals surface area (Å²) in [6, 6.07) is 17.6. The number of imide groups is 1. The van der Waals surface area contributed by atoms with Crippen molar-refractivity contribution in [3.8, 4) is 0 Å². The quantitative estimate of drug-likeness (QED) is 0.607. The van der Waals surface area contributed by atoms with Gasteiger partial charge in [-0.1, -0.05) is 95.0 Å². The lowest BCUT2D eigenvalue weighted by Crippen LogP contribution is -2.82. The second kappa shape index (κ2) is 7.03. The van der Waals surface area contributed by atoms with Crippen LogP contribution in [0.1, 0.15) is 70.4 Å². The van der Waals surface area contributed by atoms with Crippen molar-refractivity contribution in [2.75, 3.05) is 4.90 Å². The first kappa shape index (κ1) is 20.4. The number of hydrogen-bond donors (Lipinski definition) is 0. The number of anilines is 1. The lowest BCUT2D eigenvalue weighted by Gasteiger charge is -2.66. The van der Waals surface area contributed by atoms with Crippen molar-refractivity contribution in [2.45, 2.75) is 75.9 Å². The maximum atomic E-state index is 14.2. The highest BCUT2D eigenvalue weighted by Gasteiger charge is 2.78. The zero-order chi connectivity index (χ0) is 21.9. The third kappa shape index (κ3) is 2.77. The van der Waals surface area contributed by atoms with Gasteiger partial charge in [0.1, 0.15) is 0 Å². The van der Waals surface area contributed by atoms with Crippen LogP contribution >= 0.6 is 0 Å². The minimum atomic E-state index is -1.07. The maximum Gasteiger partial charge on any atom is 0.271 e. The van der Waals surface area contributed by atoms with E-state index in [4.69, 9.17) is 4.74 Å². The molecular formula is C27H31NO3. The fraction of sp³-hybridized carbons (Fsp3) is 0.481. The van der Waals surface area contributed by atoms with Crippen molar-refractivity contribution in [1.29, 1.82) is 0 Å². The summed E-state index contributed by atoms with van der Waals surface area (Å²) < 4.78 is 6.54. The molecule has 0 unspecified atom stereocenters. The smallest absolute Gasteiger partial charge is 0.271 e. The zero-order valence-corrected chi connectivity index (χ0v) is 18.7. The molecule has 1 spiro atoms. The monoisotopic (exact) mass is 417 g/mol. The van der Waals surface area contributed by atoms with E-state index in [0.29, 0.717) is 12.1 Å². The maximum absolute atomic E-state index is 14.2. The molecule has 31 heavy (non-hydrogen) atoms. The van der Waals surface area contributed by atoms with Gasteiger partial charge in [0, 0.05) is 5.92 Å². The van der Waals surface area contributed by atoms with Crippen LogP contribution in [-0.2, 0) is 25.3 Å². The van der Waals surface area contributed by atoms with Crippen molar-refractivity contribution in [3.05, 3.63) is 65.7 Å². The van der Waals surface area contributed by atoms with Gasteiger partial charge in [-0.3, -0.25) is 9.59 Å². The van der Waals surface area contributed by atoms with E-state index in [9.17, 15) is 9.59 Å². The molecule has 4 heteroatoms. The lowest BCUT2D eigenvalue weighted by atomic mass is 9.57. The number of fused-ring (bicyclic) bond motifs is 2. The van der Waals surface area contributed by atoms with Gasteiger partial charge in [0.25, 0.3) is 11.8 Å². The van der Waals surface area contributed by atoms with Crippen LogP contribution < -0.4 is 4.90 Å². The number of morpholine rings is 1. The van der Waals surface area contributed by atoms with Gasteiger partial charge in [0.05, 0.1) is 5.69 Å². The van der Waals surface area contributed by atoms with E-state index in [1.54, 1.807) is 0 Å². The Morgan fingerprint density at radius 3 is 2.29 bits per heavy atom. The Labute approximate surface area is 184 Å². The first-order valence-corrected chi connectivity index (χ1v) is 11.6. The molecule has 4 fully saturated rings. The van der Waals surface area contributed by atoms with Crippen molar-refractivity contribution in [3.63, 3.8) is 0 Å². The number of piperidine rings is 1. The third-order valence-electron chi connectivity index (χ3n) is 7.43. The number of para-hydroxylation sites is 1. The standard InChI is InChI=1S/C27H31NO3/c1-25(2,3)20-15-10-11-16-21(20)28-23(29)26-18-12-5-4-9-17-22(26)27(31-26,24(28)30)19-13-7-6-8-14-19/h6-8,10-11,13-16,22H,4-5,9,12,17-18H2,1-3H3/t22-,26+,27-/m0/s1. The Morgan fingerprint density at radius 2 is 1.55 bits per heavy atom. The Bertz CT molecular complexity index is 1020. The topological polar surface area (TPSA) is 46.6 Å². The number of hydrogen-bond acceptors (Lipinski definition) is 3. The third-order valence-corrected chi connectivity index (χ3v) is 7.43. The van der Waals surface area contributed by atoms with Crippen molar-refractivity contribution >= 4 is 17.5 Å². The Kier molecular flexibility index (Phi) is 4.63. The molecule has 2 amide bonds. The van der Waals surface area contributed by atoms with Crippen LogP contribution in [0.2, 0.25) is 0 Å². The van der Waals surface area contributed by atoms with E-state index in [-0.39, 0.29) is 23.1 Å². The van der Waals surface area contributed by atoms with Crippen LogP contribution in [0.4, 0.5) is 5.69 Å². The van der Waals surface area contributed by atoms with Crippen LogP contribution in [0.15, 0.2) is 54.6 Å². The van der Waals surface area contributed by atoms with E-state index < -0.39 is 11.2 Å². The highest BCUT2D eigenvalue weighted by Crippen LogP contribution is 2.63. The minimum Gasteiger partial charge on any atom is -0.343 e. The normalized spacial score (nSPS) is 30.8. The van der Waals surface area contributed by atoms with Gasteiger partial charge in [0.15, 0.2) is 11.2 Å². The average molecular weight is 418 g/mol. The highest BCUT2D eigenvalue weighted by atomic mass is 16.6. The van der Waals surface area contributed by atoms with Crippen LogP contribution in [0.25, 0.3) is 0 Å². The summed E-state index contributed by atoms with van der Waals surface area (Å²) in [7, 11) is 0. The van der Waals surface area contributed by atoms with Crippen molar-refractivity contribution < 1.29 is 14.3 Å². The molecule has 3 heterocycles. The predicted molar refractivity (Wildman–Crippen MR) is 121 cm³/mol. The SMILES string of the molecule is CC(C)(C)c1ccccc1N1C(=O)[C@@]23CCCCCC[C@@H]2[C@](c2ccccc2)(O3)C1=O. The minimum absolute atomic E-state index is 0.0965. The number of benzene rings is 2. The molecule has 2 aromatic carbocycles. The molecule has 0 radical (unpaired) electrons. The molecule has 162 valence electrons. The Hall–Kier alpha value is -2.46. The Balaban J connectivity index is 1.70. The molecule has 2 bridgehead atoms. The molecule has 3 atom stereocenters. The molecular weight excluding hydrogens is 386 g/mol. The van der Waals surface area contributed by atoms with E-state index in [1.165, 1.54) is 4.90 Å². The van der Waals surface area contributed by atoms with E-state index in [0.717, 1.165) is 43.2 Å². The summed E-state index contributed by atoms with van der Waals surface area (Å²) in [6.07, 6.45) is 5.78. The number of amides is 2. The predicted octanol–water partition coefficient (Wildman–Crippen LogP) is 5.49. The summed E-state index contributed by atoms with van der Waals surface area (Å²) in [4.78, 5) is 29.7. The van der Waals surface area contributed by atoms with E-state index >= 15 is 0 Å². The van der Waals surface area contributed by atoms with Gasteiger partial charge in [-0.2, -0.15) is 0 Å². The summed E-state index contributed by atoms with van der Waals surface area (Å²) in [5.41, 5.74) is 0.407. The second-order valence-electron chi connectivity index (χ2n) is 10.3. The Morgan fingerprint density at radius 1 is 0.871 bits per heavy atom. The van der Waals surface area contributed by atoms with E-state index in [1.807, 2.05) is 54.6 Å². The number of nitrogens with zero attached hydrogens (tertiary/aromatic N) is 1. The molecule has 0 N–H and O–H groups in total. The fourth-order valence-electron chi connectivity index (χ4n) is 5.98. The number of ether oxygens (including phenoxy) is 1. The summed E-state index contributed by atoms with van der Waals surface area (Å²) in [5, 5.41) is 0. The van der Waals surface area contributed by atoms with Gasteiger partial charge in [-0.25, -0.2) is 4.90 Å².